The number of rotatable bonds is 6. The quantitative estimate of drug-likeness (QED) is 0.400. The van der Waals surface area contributed by atoms with Crippen molar-refractivity contribution in [1.29, 1.82) is 0 Å². The average molecular weight is 389 g/mol. The van der Waals surface area contributed by atoms with Crippen molar-refractivity contribution >= 4 is 34.4 Å². The van der Waals surface area contributed by atoms with E-state index in [1.54, 1.807) is 6.20 Å². The fourth-order valence-corrected chi connectivity index (χ4v) is 3.67. The van der Waals surface area contributed by atoms with Crippen molar-refractivity contribution < 1.29 is 4.79 Å². The van der Waals surface area contributed by atoms with Crippen molar-refractivity contribution in [3.05, 3.63) is 78.2 Å². The molecule has 1 amide bonds. The van der Waals surface area contributed by atoms with Gasteiger partial charge in [0.1, 0.15) is 11.4 Å². The SMILES string of the molecule is Cc1cccc(NC(=O)CSc2ncnc3c2cnn3Cc2ccccc2)c1. The molecule has 2 aromatic carbocycles. The van der Waals surface area contributed by atoms with Crippen LogP contribution in [0.3, 0.4) is 0 Å². The van der Waals surface area contributed by atoms with Crippen LogP contribution in [0.2, 0.25) is 0 Å². The highest BCUT2D eigenvalue weighted by atomic mass is 32.2. The molecule has 0 atom stereocenters. The van der Waals surface area contributed by atoms with Crippen LogP contribution >= 0.6 is 11.8 Å². The predicted molar refractivity (Wildman–Crippen MR) is 111 cm³/mol. The number of hydrogen-bond donors (Lipinski definition) is 1. The molecule has 6 nitrogen and oxygen atoms in total. The first-order chi connectivity index (χ1) is 13.7. The summed E-state index contributed by atoms with van der Waals surface area (Å²) in [6.45, 7) is 2.63. The Hall–Kier alpha value is -3.19. The lowest BCUT2D eigenvalue weighted by atomic mass is 10.2. The van der Waals surface area contributed by atoms with Crippen LogP contribution in [0.1, 0.15) is 11.1 Å². The van der Waals surface area contributed by atoms with Gasteiger partial charge in [0.05, 0.1) is 23.9 Å². The second-order valence-electron chi connectivity index (χ2n) is 6.41. The van der Waals surface area contributed by atoms with E-state index in [0.29, 0.717) is 6.54 Å². The molecular weight excluding hydrogens is 370 g/mol. The zero-order chi connectivity index (χ0) is 19.3. The molecule has 7 heteroatoms. The monoisotopic (exact) mass is 389 g/mol. The summed E-state index contributed by atoms with van der Waals surface area (Å²) in [5.74, 6) is 0.197. The Labute approximate surface area is 167 Å². The van der Waals surface area contributed by atoms with Crippen LogP contribution in [-0.2, 0) is 11.3 Å². The van der Waals surface area contributed by atoms with Crippen LogP contribution < -0.4 is 5.32 Å². The minimum Gasteiger partial charge on any atom is -0.325 e. The number of fused-ring (bicyclic) bond motifs is 1. The molecule has 0 aliphatic heterocycles. The van der Waals surface area contributed by atoms with Gasteiger partial charge in [-0.15, -0.1) is 0 Å². The molecule has 28 heavy (non-hydrogen) atoms. The third-order valence-corrected chi connectivity index (χ3v) is 5.22. The van der Waals surface area contributed by atoms with Gasteiger partial charge in [0.2, 0.25) is 5.91 Å². The third kappa shape index (κ3) is 4.20. The van der Waals surface area contributed by atoms with Crippen LogP contribution in [0.15, 0.2) is 72.1 Å². The Kier molecular flexibility index (Phi) is 5.34. The van der Waals surface area contributed by atoms with E-state index in [9.17, 15) is 4.79 Å². The smallest absolute Gasteiger partial charge is 0.234 e. The number of amides is 1. The van der Waals surface area contributed by atoms with E-state index in [-0.39, 0.29) is 11.7 Å². The Morgan fingerprint density at radius 1 is 1.11 bits per heavy atom. The van der Waals surface area contributed by atoms with E-state index in [1.807, 2.05) is 54.1 Å². The van der Waals surface area contributed by atoms with Gasteiger partial charge in [-0.2, -0.15) is 5.10 Å². The predicted octanol–water partition coefficient (Wildman–Crippen LogP) is 3.91. The lowest BCUT2D eigenvalue weighted by Crippen LogP contribution is -2.14. The van der Waals surface area contributed by atoms with Gasteiger partial charge in [-0.25, -0.2) is 14.6 Å². The van der Waals surface area contributed by atoms with Crippen LogP contribution in [0.5, 0.6) is 0 Å². The first kappa shape index (κ1) is 18.2. The fourth-order valence-electron chi connectivity index (χ4n) is 2.91. The second-order valence-corrected chi connectivity index (χ2v) is 7.37. The maximum atomic E-state index is 12.3. The van der Waals surface area contributed by atoms with Gasteiger partial charge in [0.15, 0.2) is 5.65 Å². The molecule has 0 saturated heterocycles. The first-order valence-electron chi connectivity index (χ1n) is 8.89. The number of carbonyl (C=O) groups excluding carboxylic acids is 1. The molecule has 4 rings (SSSR count). The highest BCUT2D eigenvalue weighted by molar-refractivity contribution is 8.00. The second kappa shape index (κ2) is 8.22. The molecule has 140 valence electrons. The Morgan fingerprint density at radius 3 is 2.79 bits per heavy atom. The largest absolute Gasteiger partial charge is 0.325 e. The topological polar surface area (TPSA) is 72.7 Å². The van der Waals surface area contributed by atoms with Gasteiger partial charge in [-0.05, 0) is 30.2 Å². The zero-order valence-electron chi connectivity index (χ0n) is 15.4. The van der Waals surface area contributed by atoms with Crippen molar-refractivity contribution in [3.8, 4) is 0 Å². The summed E-state index contributed by atoms with van der Waals surface area (Å²) in [4.78, 5) is 21.0. The summed E-state index contributed by atoms with van der Waals surface area (Å²) in [7, 11) is 0. The molecule has 0 bridgehead atoms. The molecule has 0 aliphatic carbocycles. The minimum atomic E-state index is -0.0703. The number of aryl methyl sites for hydroxylation is 1. The van der Waals surface area contributed by atoms with Gasteiger partial charge in [-0.3, -0.25) is 4.79 Å². The number of anilines is 1. The summed E-state index contributed by atoms with van der Waals surface area (Å²) in [5, 5.41) is 8.98. The average Bonchev–Trinajstić information content (AvgIpc) is 3.11. The number of nitrogens with zero attached hydrogens (tertiary/aromatic N) is 4. The summed E-state index contributed by atoms with van der Waals surface area (Å²) in [6, 6.07) is 17.9. The van der Waals surface area contributed by atoms with Crippen LogP contribution in [0, 0.1) is 6.92 Å². The molecule has 0 radical (unpaired) electrons. The van der Waals surface area contributed by atoms with Crippen LogP contribution in [0.4, 0.5) is 5.69 Å². The van der Waals surface area contributed by atoms with Gasteiger partial charge >= 0.3 is 0 Å². The molecule has 1 N–H and O–H groups in total. The Bertz CT molecular complexity index is 1110. The van der Waals surface area contributed by atoms with E-state index < -0.39 is 0 Å². The highest BCUT2D eigenvalue weighted by Gasteiger charge is 2.12. The zero-order valence-corrected chi connectivity index (χ0v) is 16.2. The molecule has 0 fully saturated rings. The maximum absolute atomic E-state index is 12.3. The number of carbonyl (C=O) groups is 1. The van der Waals surface area contributed by atoms with E-state index in [4.69, 9.17) is 0 Å². The molecule has 0 aliphatic rings. The normalized spacial score (nSPS) is 10.9. The van der Waals surface area contributed by atoms with Crippen molar-refractivity contribution in [2.45, 2.75) is 18.5 Å². The highest BCUT2D eigenvalue weighted by Crippen LogP contribution is 2.24. The van der Waals surface area contributed by atoms with E-state index in [2.05, 4.69) is 32.5 Å². The van der Waals surface area contributed by atoms with E-state index >= 15 is 0 Å². The molecule has 2 heterocycles. The van der Waals surface area contributed by atoms with Crippen molar-refractivity contribution in [2.24, 2.45) is 0 Å². The number of thioether (sulfide) groups is 1. The lowest BCUT2D eigenvalue weighted by Gasteiger charge is -2.06. The van der Waals surface area contributed by atoms with E-state index in [0.717, 1.165) is 32.9 Å². The Morgan fingerprint density at radius 2 is 1.96 bits per heavy atom. The minimum absolute atomic E-state index is 0.0703. The van der Waals surface area contributed by atoms with Crippen LogP contribution in [-0.4, -0.2) is 31.4 Å². The molecule has 0 spiro atoms. The molecule has 0 unspecified atom stereocenters. The number of benzene rings is 2. The fraction of sp³-hybridized carbons (Fsp3) is 0.143. The summed E-state index contributed by atoms with van der Waals surface area (Å²) >= 11 is 1.38. The molecule has 0 saturated carbocycles. The van der Waals surface area contributed by atoms with Crippen molar-refractivity contribution in [3.63, 3.8) is 0 Å². The van der Waals surface area contributed by atoms with E-state index in [1.165, 1.54) is 18.1 Å². The summed E-state index contributed by atoms with van der Waals surface area (Å²) in [5.41, 5.74) is 3.82. The number of hydrogen-bond acceptors (Lipinski definition) is 5. The summed E-state index contributed by atoms with van der Waals surface area (Å²) < 4.78 is 1.85. The third-order valence-electron chi connectivity index (χ3n) is 4.21. The maximum Gasteiger partial charge on any atom is 0.234 e. The van der Waals surface area contributed by atoms with Gasteiger partial charge in [0.25, 0.3) is 0 Å². The Balaban J connectivity index is 1.46. The molecule has 4 aromatic rings. The van der Waals surface area contributed by atoms with Gasteiger partial charge < -0.3 is 5.32 Å². The van der Waals surface area contributed by atoms with Crippen molar-refractivity contribution in [2.75, 3.05) is 11.1 Å². The number of nitrogens with one attached hydrogen (secondary N) is 1. The van der Waals surface area contributed by atoms with Gasteiger partial charge in [0, 0.05) is 5.69 Å². The standard InChI is InChI=1S/C21H19N5OS/c1-15-6-5-9-17(10-15)25-19(27)13-28-21-18-11-24-26(20(18)22-14-23-21)12-16-7-3-2-4-8-16/h2-11,14H,12-13H2,1H3,(H,25,27). The lowest BCUT2D eigenvalue weighted by molar-refractivity contribution is -0.113. The first-order valence-corrected chi connectivity index (χ1v) is 9.87. The van der Waals surface area contributed by atoms with Crippen molar-refractivity contribution in [1.82, 2.24) is 19.7 Å². The summed E-state index contributed by atoms with van der Waals surface area (Å²) in [6.07, 6.45) is 3.28. The van der Waals surface area contributed by atoms with Gasteiger partial charge in [-0.1, -0.05) is 54.2 Å². The molecular formula is C21H19N5OS. The van der Waals surface area contributed by atoms with Crippen LogP contribution in [0.25, 0.3) is 11.0 Å². The number of aromatic nitrogens is 4. The molecule has 2 aromatic heterocycles.